The maximum Gasteiger partial charge on any atom is 0.0514 e. The summed E-state index contributed by atoms with van der Waals surface area (Å²) in [6, 6.07) is 5.21. The lowest BCUT2D eigenvalue weighted by atomic mass is 10.0. The molecule has 0 aliphatic carbocycles. The molecule has 3 atom stereocenters. The number of aromatic nitrogens is 1. The van der Waals surface area contributed by atoms with Crippen LogP contribution in [0.2, 0.25) is 0 Å². The van der Waals surface area contributed by atoms with E-state index in [2.05, 4.69) is 29.8 Å². The normalized spacial score (nSPS) is 25.6. The van der Waals surface area contributed by atoms with Crippen LogP contribution in [0.1, 0.15) is 38.3 Å². The highest BCUT2D eigenvalue weighted by Crippen LogP contribution is 2.30. The van der Waals surface area contributed by atoms with Crippen LogP contribution in [0, 0.1) is 0 Å². The van der Waals surface area contributed by atoms with Crippen molar-refractivity contribution >= 4 is 0 Å². The number of nitrogens with zero attached hydrogens (tertiary/aromatic N) is 2. The number of likely N-dealkylation sites (tertiary alicyclic amines) is 1. The van der Waals surface area contributed by atoms with Gasteiger partial charge in [-0.25, -0.2) is 0 Å². The minimum absolute atomic E-state index is 0.143. The predicted molar refractivity (Wildman–Crippen MR) is 66.0 cm³/mol. The highest BCUT2D eigenvalue weighted by atomic mass is 15.2. The Morgan fingerprint density at radius 1 is 1.56 bits per heavy atom. The van der Waals surface area contributed by atoms with Crippen molar-refractivity contribution in [2.75, 3.05) is 6.54 Å². The maximum absolute atomic E-state index is 6.14. The highest BCUT2D eigenvalue weighted by Gasteiger charge is 2.30. The molecule has 1 saturated heterocycles. The SMILES string of the molecule is CC(N)C(c1cccnc1)N1CCCC1C. The zero-order chi connectivity index (χ0) is 11.5. The van der Waals surface area contributed by atoms with Crippen LogP contribution in [0.5, 0.6) is 0 Å². The number of pyridine rings is 1. The molecule has 3 heteroatoms. The van der Waals surface area contributed by atoms with E-state index in [9.17, 15) is 0 Å². The van der Waals surface area contributed by atoms with E-state index in [1.165, 1.54) is 18.4 Å². The molecule has 0 amide bonds. The van der Waals surface area contributed by atoms with Gasteiger partial charge < -0.3 is 5.73 Å². The Bertz CT molecular complexity index is 323. The standard InChI is InChI=1S/C13H21N3/c1-10-5-4-8-16(10)13(11(2)14)12-6-3-7-15-9-12/h3,6-7,9-11,13H,4-5,8,14H2,1-2H3. The molecule has 0 radical (unpaired) electrons. The van der Waals surface area contributed by atoms with Crippen LogP contribution in [0.25, 0.3) is 0 Å². The molecule has 16 heavy (non-hydrogen) atoms. The van der Waals surface area contributed by atoms with Crippen molar-refractivity contribution in [2.24, 2.45) is 5.73 Å². The second-order valence-electron chi connectivity index (χ2n) is 4.82. The first-order chi connectivity index (χ1) is 7.70. The molecule has 1 aromatic heterocycles. The second kappa shape index (κ2) is 4.93. The molecule has 2 N–H and O–H groups in total. The van der Waals surface area contributed by atoms with Gasteiger partial charge in [0, 0.05) is 24.5 Å². The Morgan fingerprint density at radius 3 is 2.88 bits per heavy atom. The van der Waals surface area contributed by atoms with E-state index < -0.39 is 0 Å². The summed E-state index contributed by atoms with van der Waals surface area (Å²) in [6.45, 7) is 5.53. The molecule has 88 valence electrons. The fourth-order valence-electron chi connectivity index (χ4n) is 2.72. The van der Waals surface area contributed by atoms with E-state index in [1.807, 2.05) is 18.5 Å². The molecule has 3 unspecified atom stereocenters. The van der Waals surface area contributed by atoms with Crippen LogP contribution >= 0.6 is 0 Å². The number of nitrogens with two attached hydrogens (primary N) is 1. The van der Waals surface area contributed by atoms with Crippen LogP contribution in [0.4, 0.5) is 0 Å². The molecule has 1 fully saturated rings. The van der Waals surface area contributed by atoms with Gasteiger partial charge in [-0.2, -0.15) is 0 Å². The van der Waals surface area contributed by atoms with Crippen LogP contribution in [-0.2, 0) is 0 Å². The summed E-state index contributed by atoms with van der Waals surface area (Å²) >= 11 is 0. The van der Waals surface area contributed by atoms with Gasteiger partial charge in [0.25, 0.3) is 0 Å². The quantitative estimate of drug-likeness (QED) is 0.845. The highest BCUT2D eigenvalue weighted by molar-refractivity contribution is 5.16. The second-order valence-corrected chi connectivity index (χ2v) is 4.82. The monoisotopic (exact) mass is 219 g/mol. The number of hydrogen-bond donors (Lipinski definition) is 1. The van der Waals surface area contributed by atoms with Crippen LogP contribution in [0.15, 0.2) is 24.5 Å². The molecule has 1 aromatic rings. The van der Waals surface area contributed by atoms with E-state index in [1.54, 1.807) is 0 Å². The van der Waals surface area contributed by atoms with Crippen molar-refractivity contribution in [3.8, 4) is 0 Å². The topological polar surface area (TPSA) is 42.1 Å². The Kier molecular flexibility index (Phi) is 3.56. The van der Waals surface area contributed by atoms with Crippen molar-refractivity contribution in [2.45, 2.75) is 44.8 Å². The van der Waals surface area contributed by atoms with Gasteiger partial charge >= 0.3 is 0 Å². The van der Waals surface area contributed by atoms with Gasteiger partial charge in [0.1, 0.15) is 0 Å². The summed E-state index contributed by atoms with van der Waals surface area (Å²) in [4.78, 5) is 6.72. The smallest absolute Gasteiger partial charge is 0.0514 e. The molecule has 0 aromatic carbocycles. The van der Waals surface area contributed by atoms with Crippen LogP contribution in [0.3, 0.4) is 0 Å². The predicted octanol–water partition coefficient (Wildman–Crippen LogP) is 1.95. The average Bonchev–Trinajstić information content (AvgIpc) is 2.66. The first kappa shape index (κ1) is 11.6. The summed E-state index contributed by atoms with van der Waals surface area (Å²) in [5.41, 5.74) is 7.38. The molecule has 0 bridgehead atoms. The van der Waals surface area contributed by atoms with Crippen LogP contribution in [-0.4, -0.2) is 28.5 Å². The lowest BCUT2D eigenvalue weighted by Crippen LogP contribution is -2.41. The van der Waals surface area contributed by atoms with E-state index in [0.717, 1.165) is 6.54 Å². The zero-order valence-electron chi connectivity index (χ0n) is 10.1. The Morgan fingerprint density at radius 2 is 2.38 bits per heavy atom. The summed E-state index contributed by atoms with van der Waals surface area (Å²) in [5.74, 6) is 0. The fourth-order valence-corrected chi connectivity index (χ4v) is 2.72. The molecular formula is C13H21N3. The van der Waals surface area contributed by atoms with Crippen molar-refractivity contribution in [3.63, 3.8) is 0 Å². The fraction of sp³-hybridized carbons (Fsp3) is 0.615. The molecule has 1 aliphatic rings. The van der Waals surface area contributed by atoms with Crippen molar-refractivity contribution < 1.29 is 0 Å². The van der Waals surface area contributed by atoms with Gasteiger partial charge in [0.2, 0.25) is 0 Å². The van der Waals surface area contributed by atoms with Gasteiger partial charge in [0.05, 0.1) is 6.04 Å². The number of rotatable bonds is 3. The molecule has 0 spiro atoms. The minimum Gasteiger partial charge on any atom is -0.326 e. The Balaban J connectivity index is 2.24. The van der Waals surface area contributed by atoms with Gasteiger partial charge in [-0.1, -0.05) is 6.07 Å². The summed E-state index contributed by atoms with van der Waals surface area (Å²) in [6.07, 6.45) is 6.32. The Labute approximate surface area is 97.7 Å². The Hall–Kier alpha value is -0.930. The van der Waals surface area contributed by atoms with E-state index in [0.29, 0.717) is 12.1 Å². The van der Waals surface area contributed by atoms with E-state index in [4.69, 9.17) is 5.73 Å². The maximum atomic E-state index is 6.14. The first-order valence-corrected chi connectivity index (χ1v) is 6.11. The minimum atomic E-state index is 0.143. The zero-order valence-corrected chi connectivity index (χ0v) is 10.1. The van der Waals surface area contributed by atoms with Crippen molar-refractivity contribution in [1.29, 1.82) is 0 Å². The van der Waals surface area contributed by atoms with Crippen LogP contribution < -0.4 is 5.73 Å². The summed E-state index contributed by atoms with van der Waals surface area (Å²) < 4.78 is 0. The molecular weight excluding hydrogens is 198 g/mol. The van der Waals surface area contributed by atoms with Gasteiger partial charge in [-0.3, -0.25) is 9.88 Å². The summed E-state index contributed by atoms with van der Waals surface area (Å²) in [7, 11) is 0. The molecule has 2 heterocycles. The number of hydrogen-bond acceptors (Lipinski definition) is 3. The molecule has 0 saturated carbocycles. The molecule has 1 aliphatic heterocycles. The first-order valence-electron chi connectivity index (χ1n) is 6.11. The molecule has 2 rings (SSSR count). The van der Waals surface area contributed by atoms with Gasteiger partial charge in [-0.15, -0.1) is 0 Å². The summed E-state index contributed by atoms with van der Waals surface area (Å²) in [5, 5.41) is 0. The lowest BCUT2D eigenvalue weighted by molar-refractivity contribution is 0.170. The van der Waals surface area contributed by atoms with E-state index in [-0.39, 0.29) is 6.04 Å². The van der Waals surface area contributed by atoms with E-state index >= 15 is 0 Å². The van der Waals surface area contributed by atoms with Gasteiger partial charge in [0.15, 0.2) is 0 Å². The van der Waals surface area contributed by atoms with Crippen molar-refractivity contribution in [3.05, 3.63) is 30.1 Å². The largest absolute Gasteiger partial charge is 0.326 e. The molecule has 3 nitrogen and oxygen atoms in total. The third-order valence-electron chi connectivity index (χ3n) is 3.49. The third kappa shape index (κ3) is 2.25. The van der Waals surface area contributed by atoms with Gasteiger partial charge in [-0.05, 0) is 44.9 Å². The lowest BCUT2D eigenvalue weighted by Gasteiger charge is -2.34. The average molecular weight is 219 g/mol. The third-order valence-corrected chi connectivity index (χ3v) is 3.49. The van der Waals surface area contributed by atoms with Crippen molar-refractivity contribution in [1.82, 2.24) is 9.88 Å².